The molecular formula is C20H23N3O2. The van der Waals surface area contributed by atoms with Gasteiger partial charge in [0.1, 0.15) is 0 Å². The molecule has 5 nitrogen and oxygen atoms in total. The highest BCUT2D eigenvalue weighted by molar-refractivity contribution is 6.03. The largest absolute Gasteiger partial charge is 0.366 e. The first-order chi connectivity index (χ1) is 12.1. The number of hydrogen-bond acceptors (Lipinski definition) is 3. The lowest BCUT2D eigenvalue weighted by molar-refractivity contribution is -0.117. The molecule has 0 saturated carbocycles. The van der Waals surface area contributed by atoms with E-state index in [0.717, 1.165) is 25.8 Å². The van der Waals surface area contributed by atoms with Crippen molar-refractivity contribution in [1.82, 2.24) is 4.90 Å². The Morgan fingerprint density at radius 3 is 2.56 bits per heavy atom. The molecule has 0 bridgehead atoms. The molecule has 0 radical (unpaired) electrons. The average molecular weight is 337 g/mol. The number of nitrogens with two attached hydrogens (primary N) is 1. The van der Waals surface area contributed by atoms with Crippen LogP contribution in [0.5, 0.6) is 0 Å². The second kappa shape index (κ2) is 7.94. The maximum Gasteiger partial charge on any atom is 0.250 e. The Morgan fingerprint density at radius 2 is 1.80 bits per heavy atom. The molecule has 1 heterocycles. The van der Waals surface area contributed by atoms with Crippen LogP contribution in [0.25, 0.3) is 0 Å². The van der Waals surface area contributed by atoms with Crippen molar-refractivity contribution >= 4 is 17.5 Å². The van der Waals surface area contributed by atoms with Gasteiger partial charge in [0.25, 0.3) is 5.91 Å². The summed E-state index contributed by atoms with van der Waals surface area (Å²) in [5.74, 6) is -0.660. The van der Waals surface area contributed by atoms with Gasteiger partial charge in [0.15, 0.2) is 0 Å². The van der Waals surface area contributed by atoms with Crippen LogP contribution in [0.1, 0.15) is 28.8 Å². The molecule has 2 aromatic carbocycles. The lowest BCUT2D eigenvalue weighted by Gasteiger charge is -2.24. The molecule has 5 heteroatoms. The van der Waals surface area contributed by atoms with E-state index in [0.29, 0.717) is 23.8 Å². The number of amides is 2. The summed E-state index contributed by atoms with van der Waals surface area (Å²) in [4.78, 5) is 26.1. The molecule has 3 N–H and O–H groups in total. The fourth-order valence-corrected chi connectivity index (χ4v) is 3.40. The SMILES string of the molecule is NC(=O)c1ccccc1NC(=O)CN1CCC[C@@H]1Cc1ccccc1. The number of carbonyl (C=O) groups excluding carboxylic acids is 2. The number of benzene rings is 2. The van der Waals surface area contributed by atoms with Crippen LogP contribution in [-0.4, -0.2) is 35.8 Å². The van der Waals surface area contributed by atoms with Crippen LogP contribution >= 0.6 is 0 Å². The highest BCUT2D eigenvalue weighted by Crippen LogP contribution is 2.21. The van der Waals surface area contributed by atoms with Crippen molar-refractivity contribution in [1.29, 1.82) is 0 Å². The van der Waals surface area contributed by atoms with Crippen molar-refractivity contribution in [2.24, 2.45) is 5.73 Å². The van der Waals surface area contributed by atoms with Gasteiger partial charge in [-0.05, 0) is 43.5 Å². The van der Waals surface area contributed by atoms with E-state index in [2.05, 4.69) is 22.3 Å². The van der Waals surface area contributed by atoms with E-state index in [1.807, 2.05) is 18.2 Å². The van der Waals surface area contributed by atoms with Crippen LogP contribution in [-0.2, 0) is 11.2 Å². The predicted octanol–water partition coefficient (Wildman–Crippen LogP) is 2.43. The fraction of sp³-hybridized carbons (Fsp3) is 0.300. The number of likely N-dealkylation sites (tertiary alicyclic amines) is 1. The molecule has 2 amide bonds. The Kier molecular flexibility index (Phi) is 5.46. The first kappa shape index (κ1) is 17.2. The van der Waals surface area contributed by atoms with E-state index in [9.17, 15) is 9.59 Å². The number of hydrogen-bond donors (Lipinski definition) is 2. The first-order valence-electron chi connectivity index (χ1n) is 8.60. The molecule has 1 fully saturated rings. The van der Waals surface area contributed by atoms with E-state index in [1.165, 1.54) is 5.56 Å². The number of carbonyl (C=O) groups is 2. The highest BCUT2D eigenvalue weighted by Gasteiger charge is 2.26. The summed E-state index contributed by atoms with van der Waals surface area (Å²) >= 11 is 0. The minimum Gasteiger partial charge on any atom is -0.366 e. The number of para-hydroxylation sites is 1. The third-order valence-corrected chi connectivity index (χ3v) is 4.63. The lowest BCUT2D eigenvalue weighted by atomic mass is 10.0. The molecule has 1 saturated heterocycles. The molecule has 2 aromatic rings. The normalized spacial score (nSPS) is 17.4. The molecule has 1 aliphatic rings. The van der Waals surface area contributed by atoms with Crippen molar-refractivity contribution in [3.8, 4) is 0 Å². The quantitative estimate of drug-likeness (QED) is 0.850. The van der Waals surface area contributed by atoms with Crippen molar-refractivity contribution in [2.75, 3.05) is 18.4 Å². The van der Waals surface area contributed by atoms with Crippen LogP contribution in [0.2, 0.25) is 0 Å². The van der Waals surface area contributed by atoms with Gasteiger partial charge in [0.2, 0.25) is 5.91 Å². The second-order valence-electron chi connectivity index (χ2n) is 6.41. The lowest BCUT2D eigenvalue weighted by Crippen LogP contribution is -2.38. The number of nitrogens with zero attached hydrogens (tertiary/aromatic N) is 1. The predicted molar refractivity (Wildman–Crippen MR) is 98.3 cm³/mol. The Balaban J connectivity index is 1.61. The number of rotatable bonds is 6. The van der Waals surface area contributed by atoms with Crippen LogP contribution in [0.15, 0.2) is 54.6 Å². The highest BCUT2D eigenvalue weighted by atomic mass is 16.2. The summed E-state index contributed by atoms with van der Waals surface area (Å²) in [6.45, 7) is 1.24. The van der Waals surface area contributed by atoms with Crippen molar-refractivity contribution in [2.45, 2.75) is 25.3 Å². The van der Waals surface area contributed by atoms with E-state index in [-0.39, 0.29) is 5.91 Å². The summed E-state index contributed by atoms with van der Waals surface area (Å²) in [6.07, 6.45) is 3.15. The third kappa shape index (κ3) is 4.45. The average Bonchev–Trinajstić information content (AvgIpc) is 3.02. The fourth-order valence-electron chi connectivity index (χ4n) is 3.40. The van der Waals surface area contributed by atoms with Gasteiger partial charge in [-0.15, -0.1) is 0 Å². The maximum absolute atomic E-state index is 12.4. The molecule has 1 atom stereocenters. The zero-order valence-corrected chi connectivity index (χ0v) is 14.2. The second-order valence-corrected chi connectivity index (χ2v) is 6.41. The maximum atomic E-state index is 12.4. The van der Waals surface area contributed by atoms with E-state index in [4.69, 9.17) is 5.73 Å². The summed E-state index contributed by atoms with van der Waals surface area (Å²) in [7, 11) is 0. The van der Waals surface area contributed by atoms with E-state index >= 15 is 0 Å². The minimum absolute atomic E-state index is 0.117. The van der Waals surface area contributed by atoms with Crippen LogP contribution in [0, 0.1) is 0 Å². The van der Waals surface area contributed by atoms with Crippen molar-refractivity contribution in [3.05, 3.63) is 65.7 Å². The van der Waals surface area contributed by atoms with Gasteiger partial charge in [-0.3, -0.25) is 14.5 Å². The zero-order chi connectivity index (χ0) is 17.6. The summed E-state index contributed by atoms with van der Waals surface area (Å²) < 4.78 is 0. The number of anilines is 1. The third-order valence-electron chi connectivity index (χ3n) is 4.63. The number of nitrogens with one attached hydrogen (secondary N) is 1. The van der Waals surface area contributed by atoms with Crippen LogP contribution < -0.4 is 11.1 Å². The Labute approximate surface area is 147 Å². The van der Waals surface area contributed by atoms with Crippen molar-refractivity contribution in [3.63, 3.8) is 0 Å². The molecule has 0 unspecified atom stereocenters. The summed E-state index contributed by atoms with van der Waals surface area (Å²) in [5.41, 5.74) is 7.45. The first-order valence-corrected chi connectivity index (χ1v) is 8.60. The smallest absolute Gasteiger partial charge is 0.250 e. The Hall–Kier alpha value is -2.66. The van der Waals surface area contributed by atoms with Gasteiger partial charge < -0.3 is 11.1 Å². The molecule has 25 heavy (non-hydrogen) atoms. The van der Waals surface area contributed by atoms with Crippen molar-refractivity contribution < 1.29 is 9.59 Å². The number of primary amides is 1. The van der Waals surface area contributed by atoms with Crippen LogP contribution in [0.4, 0.5) is 5.69 Å². The minimum atomic E-state index is -0.543. The molecular weight excluding hydrogens is 314 g/mol. The summed E-state index contributed by atoms with van der Waals surface area (Å²) in [5, 5.41) is 2.82. The molecule has 0 aromatic heterocycles. The van der Waals surface area contributed by atoms with Gasteiger partial charge in [0, 0.05) is 6.04 Å². The zero-order valence-electron chi connectivity index (χ0n) is 14.2. The van der Waals surface area contributed by atoms with Gasteiger partial charge in [0.05, 0.1) is 17.8 Å². The Morgan fingerprint density at radius 1 is 1.08 bits per heavy atom. The molecule has 0 spiro atoms. The Bertz CT molecular complexity index is 746. The van der Waals surface area contributed by atoms with Gasteiger partial charge >= 0.3 is 0 Å². The molecule has 1 aliphatic heterocycles. The summed E-state index contributed by atoms with van der Waals surface area (Å²) in [6, 6.07) is 17.5. The van der Waals surface area contributed by atoms with E-state index < -0.39 is 5.91 Å². The molecule has 130 valence electrons. The van der Waals surface area contributed by atoms with E-state index in [1.54, 1.807) is 24.3 Å². The molecule has 3 rings (SSSR count). The van der Waals surface area contributed by atoms with Gasteiger partial charge in [-0.2, -0.15) is 0 Å². The van der Waals surface area contributed by atoms with Gasteiger partial charge in [-0.25, -0.2) is 0 Å². The van der Waals surface area contributed by atoms with Crippen LogP contribution in [0.3, 0.4) is 0 Å². The monoisotopic (exact) mass is 337 g/mol. The van der Waals surface area contributed by atoms with Gasteiger partial charge in [-0.1, -0.05) is 42.5 Å². The standard InChI is InChI=1S/C20H23N3O2/c21-20(25)17-10-4-5-11-18(17)22-19(24)14-23-12-6-9-16(23)13-15-7-2-1-3-8-15/h1-5,7-8,10-11,16H,6,9,12-14H2,(H2,21,25)(H,22,24)/t16-/m1/s1. The topological polar surface area (TPSA) is 75.4 Å². The molecule has 0 aliphatic carbocycles.